The molecule has 0 saturated heterocycles. The van der Waals surface area contributed by atoms with Crippen LogP contribution in [-0.4, -0.2) is 23.2 Å². The largest absolute Gasteiger partial charge is 0.497 e. The van der Waals surface area contributed by atoms with Gasteiger partial charge in [0.05, 0.1) is 0 Å². The van der Waals surface area contributed by atoms with E-state index in [1.54, 1.807) is 0 Å². The van der Waals surface area contributed by atoms with Gasteiger partial charge in [-0.15, -0.1) is 0 Å². The van der Waals surface area contributed by atoms with Crippen LogP contribution >= 0.6 is 0 Å². The fraction of sp³-hybridized carbons (Fsp3) is 0. The minimum atomic E-state index is 0.250. The van der Waals surface area contributed by atoms with Gasteiger partial charge in [0.2, 0.25) is 6.34 Å². The Morgan fingerprint density at radius 3 is 2.86 bits per heavy atom. The lowest BCUT2D eigenvalue weighted by Crippen LogP contribution is -1.88. The van der Waals surface area contributed by atoms with Gasteiger partial charge in [-0.05, 0) is 4.99 Å². The van der Waals surface area contributed by atoms with Crippen LogP contribution in [0, 0.1) is 0 Å². The molecule has 0 saturated carbocycles. The van der Waals surface area contributed by atoms with Crippen molar-refractivity contribution >= 4 is 18.4 Å². The molecule has 0 aromatic heterocycles. The predicted octanol–water partition coefficient (Wildman–Crippen LogP) is -0.273. The van der Waals surface area contributed by atoms with E-state index in [9.17, 15) is 0 Å². The summed E-state index contributed by atoms with van der Waals surface area (Å²) >= 11 is 0. The molecule has 1 aliphatic heterocycles. The smallest absolute Gasteiger partial charge is 0.420 e. The second kappa shape index (κ2) is 1.45. The molecule has 1 aliphatic rings. The highest BCUT2D eigenvalue weighted by Gasteiger charge is 2.03. The van der Waals surface area contributed by atoms with Crippen LogP contribution in [0.2, 0.25) is 0 Å². The summed E-state index contributed by atoms with van der Waals surface area (Å²) in [6, 6.07) is 0. The molecule has 0 radical (unpaired) electrons. The second-order valence-corrected chi connectivity index (χ2v) is 0.981. The van der Waals surface area contributed by atoms with Crippen molar-refractivity contribution in [2.75, 3.05) is 0 Å². The molecule has 7 heavy (non-hydrogen) atoms. The van der Waals surface area contributed by atoms with Gasteiger partial charge in [-0.2, -0.15) is 0 Å². The van der Waals surface area contributed by atoms with Gasteiger partial charge < -0.3 is 10.3 Å². The number of hydrogen-bond acceptors (Lipinski definition) is 1. The molecular weight excluding hydrogens is 92.1 g/mol. The lowest BCUT2D eigenvalue weighted by Gasteiger charge is -1.58. The summed E-state index contributed by atoms with van der Waals surface area (Å²) in [6.45, 7) is 0. The van der Waals surface area contributed by atoms with Gasteiger partial charge in [-0.25, -0.2) is 4.99 Å². The van der Waals surface area contributed by atoms with E-state index in [-0.39, 0.29) is 5.84 Å². The van der Waals surface area contributed by atoms with Crippen LogP contribution in [0.25, 0.3) is 5.53 Å². The minimum Gasteiger partial charge on any atom is -0.497 e. The van der Waals surface area contributed by atoms with Crippen molar-refractivity contribution in [2.45, 2.75) is 0 Å². The summed E-state index contributed by atoms with van der Waals surface area (Å²) in [6.07, 6.45) is 2.68. The fourth-order valence-electron chi connectivity index (χ4n) is 0.277. The SMILES string of the molecule is [N-]=[N+]=C1C=NC=N1. The van der Waals surface area contributed by atoms with E-state index in [4.69, 9.17) is 5.53 Å². The van der Waals surface area contributed by atoms with E-state index in [0.717, 1.165) is 0 Å². The molecule has 0 bridgehead atoms. The average molecular weight is 94.1 g/mol. The molecule has 0 unspecified atom stereocenters. The van der Waals surface area contributed by atoms with Gasteiger partial charge in [-0.1, -0.05) is 0 Å². The van der Waals surface area contributed by atoms with Crippen molar-refractivity contribution in [3.63, 3.8) is 0 Å². The van der Waals surface area contributed by atoms with Crippen molar-refractivity contribution in [3.05, 3.63) is 5.53 Å². The molecule has 0 aromatic carbocycles. The number of aliphatic imine (C=N–C) groups is 2. The average Bonchev–Trinajstić information content (AvgIpc) is 2.14. The van der Waals surface area contributed by atoms with Crippen molar-refractivity contribution in [1.82, 2.24) is 0 Å². The summed E-state index contributed by atoms with van der Waals surface area (Å²) in [5.74, 6) is 0.250. The van der Waals surface area contributed by atoms with E-state index < -0.39 is 0 Å². The highest BCUT2D eigenvalue weighted by Crippen LogP contribution is 1.76. The zero-order valence-corrected chi connectivity index (χ0v) is 3.44. The summed E-state index contributed by atoms with van der Waals surface area (Å²) in [4.78, 5) is 9.79. The summed E-state index contributed by atoms with van der Waals surface area (Å²) < 4.78 is 0. The lowest BCUT2D eigenvalue weighted by molar-refractivity contribution is -0.00235. The first-order valence-electron chi connectivity index (χ1n) is 1.71. The molecular formula is C3H2N4. The Hall–Kier alpha value is -1.28. The Labute approximate surface area is 39.8 Å². The topological polar surface area (TPSA) is 61.1 Å². The maximum Gasteiger partial charge on any atom is 0.420 e. The van der Waals surface area contributed by atoms with Crippen molar-refractivity contribution in [2.24, 2.45) is 9.98 Å². The Morgan fingerprint density at radius 1 is 1.71 bits per heavy atom. The van der Waals surface area contributed by atoms with Crippen LogP contribution in [0.15, 0.2) is 9.98 Å². The van der Waals surface area contributed by atoms with E-state index in [2.05, 4.69) is 14.8 Å². The van der Waals surface area contributed by atoms with Crippen molar-refractivity contribution in [3.8, 4) is 0 Å². The van der Waals surface area contributed by atoms with Gasteiger partial charge in [0.25, 0.3) is 0 Å². The van der Waals surface area contributed by atoms with E-state index in [1.165, 1.54) is 12.6 Å². The fourth-order valence-corrected chi connectivity index (χ4v) is 0.277. The maximum absolute atomic E-state index is 7.95. The van der Waals surface area contributed by atoms with Crippen LogP contribution in [0.5, 0.6) is 0 Å². The summed E-state index contributed by atoms with van der Waals surface area (Å²) in [7, 11) is 0. The number of hydrogen-bond donors (Lipinski definition) is 0. The maximum atomic E-state index is 7.95. The van der Waals surface area contributed by atoms with Crippen LogP contribution in [0.1, 0.15) is 0 Å². The number of nitrogens with zero attached hydrogens (tertiary/aromatic N) is 4. The van der Waals surface area contributed by atoms with Crippen LogP contribution in [-0.2, 0) is 0 Å². The Balaban J connectivity index is 3.00. The van der Waals surface area contributed by atoms with Crippen molar-refractivity contribution < 1.29 is 4.79 Å². The number of amidine groups is 1. The molecule has 4 nitrogen and oxygen atoms in total. The van der Waals surface area contributed by atoms with Crippen LogP contribution in [0.3, 0.4) is 0 Å². The summed E-state index contributed by atoms with van der Waals surface area (Å²) in [5, 5.41) is 0. The lowest BCUT2D eigenvalue weighted by atomic mass is 10.7. The molecule has 0 atom stereocenters. The molecule has 0 amide bonds. The third kappa shape index (κ3) is 0.586. The zero-order valence-electron chi connectivity index (χ0n) is 3.44. The van der Waals surface area contributed by atoms with Crippen molar-refractivity contribution in [1.29, 1.82) is 0 Å². The molecule has 1 heterocycles. The normalized spacial score (nSPS) is 15.1. The molecule has 1 rings (SSSR count). The first kappa shape index (κ1) is 3.89. The van der Waals surface area contributed by atoms with Gasteiger partial charge in [0.1, 0.15) is 6.21 Å². The Kier molecular flexibility index (Phi) is 0.805. The van der Waals surface area contributed by atoms with E-state index in [0.29, 0.717) is 0 Å². The third-order valence-electron chi connectivity index (χ3n) is 0.549. The Bertz CT molecular complexity index is 157. The van der Waals surface area contributed by atoms with Crippen LogP contribution in [0.4, 0.5) is 0 Å². The quantitative estimate of drug-likeness (QED) is 0.293. The van der Waals surface area contributed by atoms with E-state index in [1.807, 2.05) is 0 Å². The molecule has 0 aromatic rings. The van der Waals surface area contributed by atoms with Gasteiger partial charge in [0.15, 0.2) is 0 Å². The molecule has 34 valence electrons. The standard InChI is InChI=1S/C3H2N4/c4-7-3-1-5-2-6-3/h1-2H. The summed E-state index contributed by atoms with van der Waals surface area (Å²) in [5.41, 5.74) is 7.95. The minimum absolute atomic E-state index is 0.250. The second-order valence-electron chi connectivity index (χ2n) is 0.981. The first-order chi connectivity index (χ1) is 3.43. The molecule has 0 spiro atoms. The third-order valence-corrected chi connectivity index (χ3v) is 0.549. The number of rotatable bonds is 0. The van der Waals surface area contributed by atoms with Crippen LogP contribution < -0.4 is 0 Å². The van der Waals surface area contributed by atoms with Gasteiger partial charge in [0, 0.05) is 0 Å². The first-order valence-corrected chi connectivity index (χ1v) is 1.71. The molecule has 0 fully saturated rings. The molecule has 0 N–H and O–H groups in total. The highest BCUT2D eigenvalue weighted by molar-refractivity contribution is 6.32. The molecule has 0 aliphatic carbocycles. The monoisotopic (exact) mass is 94.0 g/mol. The predicted molar refractivity (Wildman–Crippen MR) is 25.6 cm³/mol. The molecule has 4 heteroatoms. The van der Waals surface area contributed by atoms with E-state index >= 15 is 0 Å². The van der Waals surface area contributed by atoms with Gasteiger partial charge in [-0.3, -0.25) is 0 Å². The highest BCUT2D eigenvalue weighted by atomic mass is 15.0. The van der Waals surface area contributed by atoms with Gasteiger partial charge >= 0.3 is 5.84 Å². The zero-order chi connectivity index (χ0) is 5.11. The Morgan fingerprint density at radius 2 is 2.57 bits per heavy atom.